The number of aromatic nitrogens is 6. The molecule has 120 valence electrons. The molecule has 4 atom stereocenters. The lowest BCUT2D eigenvalue weighted by molar-refractivity contribution is -0.0451. The molecule has 1 fully saturated rings. The van der Waals surface area contributed by atoms with Gasteiger partial charge < -0.3 is 30.9 Å². The number of aliphatic hydroxyl groups excluding tert-OH is 2. The van der Waals surface area contributed by atoms with E-state index in [1.54, 1.807) is 0 Å². The fourth-order valence-corrected chi connectivity index (χ4v) is 2.54. The minimum absolute atomic E-state index is 0.0433. The highest BCUT2D eigenvalue weighted by atomic mass is 16.6. The fraction of sp³-hybridized carbons (Fsp3) is 0.364. The standard InChI is InChI=1S/C11H12N8O4/c12-7-3-8(18-11(13)17-7)19(2-15-3)10-5(21)4(20)6(22-10)9-14-1-16-23-9/h1-2,4-6,10,20-21H,(H4,12,13,17,18). The van der Waals surface area contributed by atoms with Crippen LogP contribution in [0.5, 0.6) is 0 Å². The van der Waals surface area contributed by atoms with Crippen molar-refractivity contribution in [2.75, 3.05) is 11.5 Å². The van der Waals surface area contributed by atoms with Crippen LogP contribution in [0.4, 0.5) is 11.8 Å². The number of fused-ring (bicyclic) bond motifs is 1. The second kappa shape index (κ2) is 4.84. The van der Waals surface area contributed by atoms with E-state index in [-0.39, 0.29) is 23.3 Å². The molecule has 0 radical (unpaired) electrons. The summed E-state index contributed by atoms with van der Waals surface area (Å²) in [6.07, 6.45) is -1.97. The van der Waals surface area contributed by atoms with Crippen LogP contribution in [0.15, 0.2) is 17.2 Å². The highest BCUT2D eigenvalue weighted by Gasteiger charge is 2.47. The monoisotopic (exact) mass is 320 g/mol. The van der Waals surface area contributed by atoms with Gasteiger partial charge in [-0.25, -0.2) is 4.98 Å². The number of aliphatic hydroxyl groups is 2. The molecular weight excluding hydrogens is 308 g/mol. The summed E-state index contributed by atoms with van der Waals surface area (Å²) in [4.78, 5) is 15.8. The molecule has 23 heavy (non-hydrogen) atoms. The van der Waals surface area contributed by atoms with E-state index >= 15 is 0 Å². The van der Waals surface area contributed by atoms with Crippen molar-refractivity contribution in [2.45, 2.75) is 24.5 Å². The third-order valence-corrected chi connectivity index (χ3v) is 3.60. The van der Waals surface area contributed by atoms with Crippen LogP contribution < -0.4 is 11.5 Å². The molecule has 4 heterocycles. The first-order chi connectivity index (χ1) is 11.1. The van der Waals surface area contributed by atoms with Gasteiger partial charge >= 0.3 is 0 Å². The normalized spacial score (nSPS) is 27.7. The number of anilines is 2. The molecule has 0 spiro atoms. The first kappa shape index (κ1) is 13.8. The molecule has 12 nitrogen and oxygen atoms in total. The molecule has 0 amide bonds. The smallest absolute Gasteiger partial charge is 0.258 e. The maximum Gasteiger partial charge on any atom is 0.258 e. The highest BCUT2D eigenvalue weighted by molar-refractivity contribution is 5.82. The Bertz CT molecular complexity index is 849. The Hall–Kier alpha value is -2.83. The number of nitrogens with zero attached hydrogens (tertiary/aromatic N) is 6. The Morgan fingerprint density at radius 1 is 1.13 bits per heavy atom. The molecule has 12 heteroatoms. The molecule has 4 unspecified atom stereocenters. The van der Waals surface area contributed by atoms with Gasteiger partial charge in [0, 0.05) is 0 Å². The Labute approximate surface area is 127 Å². The number of rotatable bonds is 2. The lowest BCUT2D eigenvalue weighted by Gasteiger charge is -2.16. The molecule has 0 aliphatic carbocycles. The average molecular weight is 320 g/mol. The minimum Gasteiger partial charge on any atom is -0.387 e. The summed E-state index contributed by atoms with van der Waals surface area (Å²) < 4.78 is 11.9. The fourth-order valence-electron chi connectivity index (χ4n) is 2.54. The molecule has 3 aromatic rings. The summed E-state index contributed by atoms with van der Waals surface area (Å²) in [6.45, 7) is 0. The van der Waals surface area contributed by atoms with Crippen LogP contribution in [0.3, 0.4) is 0 Å². The average Bonchev–Trinajstić information content (AvgIpc) is 3.21. The quantitative estimate of drug-likeness (QED) is 0.424. The van der Waals surface area contributed by atoms with Crippen molar-refractivity contribution >= 4 is 22.9 Å². The van der Waals surface area contributed by atoms with Gasteiger partial charge in [-0.3, -0.25) is 4.57 Å². The maximum absolute atomic E-state index is 10.3. The first-order valence-electron chi connectivity index (χ1n) is 6.60. The summed E-state index contributed by atoms with van der Waals surface area (Å²) in [7, 11) is 0. The van der Waals surface area contributed by atoms with Crippen molar-refractivity contribution in [2.24, 2.45) is 0 Å². The minimum atomic E-state index is -1.28. The van der Waals surface area contributed by atoms with Crippen LogP contribution in [-0.4, -0.2) is 52.1 Å². The Morgan fingerprint density at radius 2 is 1.96 bits per heavy atom. The van der Waals surface area contributed by atoms with Crippen molar-refractivity contribution in [3.8, 4) is 0 Å². The molecule has 1 aliphatic rings. The molecule has 0 aromatic carbocycles. The number of ether oxygens (including phenoxy) is 1. The Kier molecular flexibility index (Phi) is 2.90. The van der Waals surface area contributed by atoms with E-state index in [0.717, 1.165) is 0 Å². The molecule has 3 aromatic heterocycles. The van der Waals surface area contributed by atoms with Crippen molar-refractivity contribution in [1.82, 2.24) is 29.7 Å². The largest absolute Gasteiger partial charge is 0.387 e. The number of nitrogens with two attached hydrogens (primary N) is 2. The predicted octanol–water partition coefficient (Wildman–Crippen LogP) is -1.63. The van der Waals surface area contributed by atoms with Gasteiger partial charge in [0.1, 0.15) is 17.7 Å². The van der Waals surface area contributed by atoms with Crippen LogP contribution >= 0.6 is 0 Å². The predicted molar refractivity (Wildman–Crippen MR) is 73.3 cm³/mol. The third-order valence-electron chi connectivity index (χ3n) is 3.60. The zero-order chi connectivity index (χ0) is 16.1. The van der Waals surface area contributed by atoms with E-state index in [0.29, 0.717) is 5.52 Å². The molecular formula is C11H12N8O4. The summed E-state index contributed by atoms with van der Waals surface area (Å²) in [5, 5.41) is 23.9. The molecule has 0 bridgehead atoms. The summed E-state index contributed by atoms with van der Waals surface area (Å²) in [6, 6.07) is 0. The van der Waals surface area contributed by atoms with Gasteiger partial charge in [-0.1, -0.05) is 5.16 Å². The van der Waals surface area contributed by atoms with Crippen molar-refractivity contribution < 1.29 is 19.5 Å². The number of nitrogen functional groups attached to an aromatic ring is 2. The SMILES string of the molecule is Nc1nc(N)c2ncn(C3OC(c4ncno4)C(O)C3O)c2n1. The third kappa shape index (κ3) is 2.00. The second-order valence-electron chi connectivity index (χ2n) is 5.00. The van der Waals surface area contributed by atoms with Crippen LogP contribution in [0.2, 0.25) is 0 Å². The summed E-state index contributed by atoms with van der Waals surface area (Å²) in [5.74, 6) is 0.114. The van der Waals surface area contributed by atoms with Crippen LogP contribution in [0, 0.1) is 0 Å². The topological polar surface area (TPSA) is 184 Å². The summed E-state index contributed by atoms with van der Waals surface area (Å²) >= 11 is 0. The molecule has 1 aliphatic heterocycles. The van der Waals surface area contributed by atoms with E-state index < -0.39 is 24.5 Å². The van der Waals surface area contributed by atoms with Gasteiger partial charge in [-0.05, 0) is 0 Å². The number of hydrogen-bond acceptors (Lipinski definition) is 11. The zero-order valence-electron chi connectivity index (χ0n) is 11.5. The van der Waals surface area contributed by atoms with Gasteiger partial charge in [0.15, 0.2) is 30.1 Å². The van der Waals surface area contributed by atoms with E-state index in [1.807, 2.05) is 0 Å². The number of imidazole rings is 1. The molecule has 4 rings (SSSR count). The van der Waals surface area contributed by atoms with Crippen molar-refractivity contribution in [3.63, 3.8) is 0 Å². The van der Waals surface area contributed by atoms with Crippen LogP contribution in [-0.2, 0) is 4.74 Å². The maximum atomic E-state index is 10.3. The number of hydrogen-bond donors (Lipinski definition) is 4. The first-order valence-corrected chi connectivity index (χ1v) is 6.60. The van der Waals surface area contributed by atoms with E-state index in [4.69, 9.17) is 20.7 Å². The van der Waals surface area contributed by atoms with E-state index in [1.165, 1.54) is 17.2 Å². The zero-order valence-corrected chi connectivity index (χ0v) is 11.5. The van der Waals surface area contributed by atoms with Gasteiger partial charge in [-0.15, -0.1) is 0 Å². The van der Waals surface area contributed by atoms with Crippen molar-refractivity contribution in [3.05, 3.63) is 18.5 Å². The molecule has 1 saturated heterocycles. The Morgan fingerprint density at radius 3 is 2.70 bits per heavy atom. The van der Waals surface area contributed by atoms with Crippen LogP contribution in [0.1, 0.15) is 18.2 Å². The lowest BCUT2D eigenvalue weighted by atomic mass is 10.1. The van der Waals surface area contributed by atoms with Gasteiger partial charge in [-0.2, -0.15) is 15.0 Å². The molecule has 6 N–H and O–H groups in total. The van der Waals surface area contributed by atoms with Gasteiger partial charge in [0.2, 0.25) is 5.95 Å². The second-order valence-corrected chi connectivity index (χ2v) is 5.00. The summed E-state index contributed by atoms with van der Waals surface area (Å²) in [5.41, 5.74) is 11.9. The Balaban J connectivity index is 1.76. The van der Waals surface area contributed by atoms with Gasteiger partial charge in [0.25, 0.3) is 5.89 Å². The van der Waals surface area contributed by atoms with E-state index in [9.17, 15) is 10.2 Å². The van der Waals surface area contributed by atoms with Crippen LogP contribution in [0.25, 0.3) is 11.2 Å². The highest BCUT2D eigenvalue weighted by Crippen LogP contribution is 2.39. The lowest BCUT2D eigenvalue weighted by Crippen LogP contribution is -2.29. The van der Waals surface area contributed by atoms with E-state index in [2.05, 4.69) is 25.1 Å². The van der Waals surface area contributed by atoms with Crippen molar-refractivity contribution in [1.29, 1.82) is 0 Å². The molecule has 0 saturated carbocycles. The van der Waals surface area contributed by atoms with Gasteiger partial charge in [0.05, 0.1) is 6.33 Å².